The lowest BCUT2D eigenvalue weighted by Crippen LogP contribution is -2.38. The Bertz CT molecular complexity index is 679. The monoisotopic (exact) mass is 331 g/mol. The van der Waals surface area contributed by atoms with Crippen LogP contribution >= 0.6 is 12.4 Å². The molecule has 2 aliphatic rings. The van der Waals surface area contributed by atoms with E-state index in [9.17, 15) is 0 Å². The van der Waals surface area contributed by atoms with E-state index in [1.165, 1.54) is 56.4 Å². The number of piperidine rings is 1. The molecule has 2 aromatic rings. The van der Waals surface area contributed by atoms with Crippen LogP contribution in [0.1, 0.15) is 30.5 Å². The Morgan fingerprint density at radius 3 is 2.78 bits per heavy atom. The SMILES string of the molecule is Cc1ccc2cc(CN3CCC4(CCNCC4)C3)ccc2n1.Cl. The molecule has 0 radical (unpaired) electrons. The predicted octanol–water partition coefficient (Wildman–Crippen LogP) is 3.54. The summed E-state index contributed by atoms with van der Waals surface area (Å²) in [7, 11) is 0. The van der Waals surface area contributed by atoms with E-state index in [1.807, 2.05) is 0 Å². The average molecular weight is 332 g/mol. The maximum atomic E-state index is 4.60. The maximum Gasteiger partial charge on any atom is 0.0705 e. The van der Waals surface area contributed by atoms with Crippen LogP contribution < -0.4 is 5.32 Å². The van der Waals surface area contributed by atoms with Crippen molar-refractivity contribution in [1.82, 2.24) is 15.2 Å². The van der Waals surface area contributed by atoms with E-state index in [0.29, 0.717) is 5.41 Å². The van der Waals surface area contributed by atoms with Gasteiger partial charge in [0.1, 0.15) is 0 Å². The number of aromatic nitrogens is 1. The molecule has 1 aromatic carbocycles. The number of nitrogens with zero attached hydrogens (tertiary/aromatic N) is 2. The van der Waals surface area contributed by atoms with Crippen molar-refractivity contribution in [2.75, 3.05) is 26.2 Å². The molecule has 23 heavy (non-hydrogen) atoms. The Hall–Kier alpha value is -1.16. The van der Waals surface area contributed by atoms with Gasteiger partial charge in [0, 0.05) is 24.2 Å². The third-order valence-electron chi connectivity index (χ3n) is 5.48. The van der Waals surface area contributed by atoms with Gasteiger partial charge in [0.15, 0.2) is 0 Å². The van der Waals surface area contributed by atoms with Gasteiger partial charge in [-0.1, -0.05) is 12.1 Å². The lowest BCUT2D eigenvalue weighted by atomic mass is 9.78. The molecule has 0 aliphatic carbocycles. The van der Waals surface area contributed by atoms with Crippen molar-refractivity contribution in [1.29, 1.82) is 0 Å². The summed E-state index contributed by atoms with van der Waals surface area (Å²) in [6.07, 6.45) is 4.08. The standard InChI is InChI=1S/C19H25N3.ClH/c1-15-2-4-17-12-16(3-5-18(17)21-15)13-22-11-8-19(14-22)6-9-20-10-7-19;/h2-5,12,20H,6-11,13-14H2,1H3;1H. The second-order valence-electron chi connectivity index (χ2n) is 7.19. The highest BCUT2D eigenvalue weighted by molar-refractivity contribution is 5.85. The van der Waals surface area contributed by atoms with Gasteiger partial charge in [0.25, 0.3) is 0 Å². The zero-order valence-electron chi connectivity index (χ0n) is 13.8. The van der Waals surface area contributed by atoms with Crippen molar-refractivity contribution in [3.63, 3.8) is 0 Å². The van der Waals surface area contributed by atoms with Gasteiger partial charge in [-0.2, -0.15) is 0 Å². The van der Waals surface area contributed by atoms with Gasteiger partial charge in [-0.3, -0.25) is 9.88 Å². The number of halogens is 1. The first-order chi connectivity index (χ1) is 10.7. The zero-order valence-corrected chi connectivity index (χ0v) is 14.7. The molecule has 0 amide bonds. The molecule has 124 valence electrons. The van der Waals surface area contributed by atoms with Crippen LogP contribution in [0.15, 0.2) is 30.3 Å². The van der Waals surface area contributed by atoms with Crippen molar-refractivity contribution in [2.24, 2.45) is 5.41 Å². The minimum Gasteiger partial charge on any atom is -0.317 e. The second kappa shape index (κ2) is 6.76. The van der Waals surface area contributed by atoms with Gasteiger partial charge in [0.2, 0.25) is 0 Å². The van der Waals surface area contributed by atoms with Crippen molar-refractivity contribution >= 4 is 23.3 Å². The maximum absolute atomic E-state index is 4.60. The Labute approximate surface area is 144 Å². The van der Waals surface area contributed by atoms with Crippen molar-refractivity contribution in [2.45, 2.75) is 32.7 Å². The summed E-state index contributed by atoms with van der Waals surface area (Å²) >= 11 is 0. The van der Waals surface area contributed by atoms with Gasteiger partial charge in [-0.15, -0.1) is 12.4 Å². The number of likely N-dealkylation sites (tertiary alicyclic amines) is 1. The fourth-order valence-corrected chi connectivity index (χ4v) is 4.16. The van der Waals surface area contributed by atoms with E-state index in [4.69, 9.17) is 0 Å². The molecule has 1 aromatic heterocycles. The Morgan fingerprint density at radius 2 is 1.96 bits per heavy atom. The third-order valence-corrected chi connectivity index (χ3v) is 5.48. The first kappa shape index (κ1) is 16.7. The minimum atomic E-state index is 0. The number of hydrogen-bond acceptors (Lipinski definition) is 3. The molecule has 3 heterocycles. The second-order valence-corrected chi connectivity index (χ2v) is 7.19. The molecule has 2 aliphatic heterocycles. The normalized spacial score (nSPS) is 20.7. The number of pyridine rings is 1. The van der Waals surface area contributed by atoms with Gasteiger partial charge in [-0.05, 0) is 75.0 Å². The van der Waals surface area contributed by atoms with Crippen LogP contribution in [-0.4, -0.2) is 36.1 Å². The molecule has 0 saturated carbocycles. The number of benzene rings is 1. The summed E-state index contributed by atoms with van der Waals surface area (Å²) in [5.74, 6) is 0. The van der Waals surface area contributed by atoms with Gasteiger partial charge < -0.3 is 5.32 Å². The number of hydrogen-bond donors (Lipinski definition) is 1. The van der Waals surface area contributed by atoms with Crippen LogP contribution in [0.2, 0.25) is 0 Å². The number of aryl methyl sites for hydroxylation is 1. The van der Waals surface area contributed by atoms with Gasteiger partial charge >= 0.3 is 0 Å². The predicted molar refractivity (Wildman–Crippen MR) is 98.2 cm³/mol. The van der Waals surface area contributed by atoms with E-state index < -0.39 is 0 Å². The molecule has 2 saturated heterocycles. The zero-order chi connectivity index (χ0) is 15.0. The fraction of sp³-hybridized carbons (Fsp3) is 0.526. The number of nitrogens with one attached hydrogen (secondary N) is 1. The van der Waals surface area contributed by atoms with Crippen molar-refractivity contribution in [3.05, 3.63) is 41.6 Å². The molecule has 3 nitrogen and oxygen atoms in total. The molecule has 1 N–H and O–H groups in total. The summed E-state index contributed by atoms with van der Waals surface area (Å²) < 4.78 is 0. The lowest BCUT2D eigenvalue weighted by Gasteiger charge is -2.34. The Kier molecular flexibility index (Phi) is 4.90. The van der Waals surface area contributed by atoms with E-state index in [1.54, 1.807) is 0 Å². The molecule has 2 fully saturated rings. The molecule has 1 spiro atoms. The lowest BCUT2D eigenvalue weighted by molar-refractivity contribution is 0.194. The van der Waals surface area contributed by atoms with Crippen LogP contribution in [0.25, 0.3) is 10.9 Å². The first-order valence-electron chi connectivity index (χ1n) is 8.52. The quantitative estimate of drug-likeness (QED) is 0.912. The van der Waals surface area contributed by atoms with E-state index in [0.717, 1.165) is 17.8 Å². The fourth-order valence-electron chi connectivity index (χ4n) is 4.16. The van der Waals surface area contributed by atoms with Gasteiger partial charge in [-0.25, -0.2) is 0 Å². The van der Waals surface area contributed by atoms with Crippen LogP contribution in [-0.2, 0) is 6.54 Å². The molecule has 4 heteroatoms. The summed E-state index contributed by atoms with van der Waals surface area (Å²) in [6.45, 7) is 8.07. The number of rotatable bonds is 2. The van der Waals surface area contributed by atoms with Crippen LogP contribution in [0.5, 0.6) is 0 Å². The highest BCUT2D eigenvalue weighted by Gasteiger charge is 2.38. The van der Waals surface area contributed by atoms with Crippen molar-refractivity contribution in [3.8, 4) is 0 Å². The molecule has 0 atom stereocenters. The molecule has 0 bridgehead atoms. The van der Waals surface area contributed by atoms with Gasteiger partial charge in [0.05, 0.1) is 5.52 Å². The average Bonchev–Trinajstić information content (AvgIpc) is 2.90. The highest BCUT2D eigenvalue weighted by Crippen LogP contribution is 2.39. The largest absolute Gasteiger partial charge is 0.317 e. The summed E-state index contributed by atoms with van der Waals surface area (Å²) in [6, 6.07) is 11.0. The van der Waals surface area contributed by atoms with E-state index >= 15 is 0 Å². The molecule has 0 unspecified atom stereocenters. The topological polar surface area (TPSA) is 28.2 Å². The van der Waals surface area contributed by atoms with Crippen LogP contribution in [0.4, 0.5) is 0 Å². The van der Waals surface area contributed by atoms with E-state index in [2.05, 4.69) is 52.5 Å². The summed E-state index contributed by atoms with van der Waals surface area (Å²) in [4.78, 5) is 7.24. The molecular formula is C19H26ClN3. The van der Waals surface area contributed by atoms with Crippen LogP contribution in [0.3, 0.4) is 0 Å². The third kappa shape index (κ3) is 3.52. The first-order valence-corrected chi connectivity index (χ1v) is 8.52. The van der Waals surface area contributed by atoms with E-state index in [-0.39, 0.29) is 12.4 Å². The summed E-state index contributed by atoms with van der Waals surface area (Å²) in [5.41, 5.74) is 4.22. The summed E-state index contributed by atoms with van der Waals surface area (Å²) in [5, 5.41) is 4.76. The Morgan fingerprint density at radius 1 is 1.13 bits per heavy atom. The highest BCUT2D eigenvalue weighted by atomic mass is 35.5. The number of fused-ring (bicyclic) bond motifs is 1. The minimum absolute atomic E-state index is 0. The Balaban J connectivity index is 0.00000156. The van der Waals surface area contributed by atoms with Crippen LogP contribution in [0, 0.1) is 12.3 Å². The van der Waals surface area contributed by atoms with Crippen molar-refractivity contribution < 1.29 is 0 Å². The molecular weight excluding hydrogens is 306 g/mol. The smallest absolute Gasteiger partial charge is 0.0705 e. The molecule has 4 rings (SSSR count).